The van der Waals surface area contributed by atoms with E-state index in [0.717, 1.165) is 0 Å². The lowest BCUT2D eigenvalue weighted by atomic mass is 9.86. The number of hydrogen-bond acceptors (Lipinski definition) is 6. The van der Waals surface area contributed by atoms with Crippen LogP contribution in [-0.4, -0.2) is 53.6 Å². The van der Waals surface area contributed by atoms with Crippen molar-refractivity contribution in [3.8, 4) is 0 Å². The quantitative estimate of drug-likeness (QED) is 0.455. The number of rotatable bonds is 2. The van der Waals surface area contributed by atoms with E-state index in [0.29, 0.717) is 19.3 Å². The van der Waals surface area contributed by atoms with Gasteiger partial charge in [-0.1, -0.05) is 12.2 Å². The first-order valence-corrected chi connectivity index (χ1v) is 8.69. The largest absolute Gasteiger partial charge is 0.467 e. The Morgan fingerprint density at radius 3 is 2.40 bits per heavy atom. The molecule has 0 bridgehead atoms. The average Bonchev–Trinajstić information content (AvgIpc) is 2.50. The fourth-order valence-electron chi connectivity index (χ4n) is 3.41. The Hall–Kier alpha value is -1.89. The monoisotopic (exact) mass is 352 g/mol. The molecule has 0 aliphatic carbocycles. The first-order chi connectivity index (χ1) is 11.7. The van der Waals surface area contributed by atoms with E-state index in [2.05, 4.69) is 0 Å². The maximum absolute atomic E-state index is 13.2. The van der Waals surface area contributed by atoms with Crippen LogP contribution in [0.15, 0.2) is 12.2 Å². The average molecular weight is 352 g/mol. The highest BCUT2D eigenvalue weighted by Gasteiger charge is 2.46. The molecule has 7 heteroatoms. The van der Waals surface area contributed by atoms with Crippen LogP contribution in [0.1, 0.15) is 46.5 Å². The number of allylic oxidation sites excluding steroid dienone is 1. The van der Waals surface area contributed by atoms with Crippen LogP contribution in [0, 0.1) is 5.92 Å². The minimum atomic E-state index is -0.976. The highest BCUT2D eigenvalue weighted by molar-refractivity contribution is 6.00. The van der Waals surface area contributed by atoms with E-state index >= 15 is 0 Å². The normalized spacial score (nSPS) is 30.1. The van der Waals surface area contributed by atoms with Crippen LogP contribution in [-0.2, 0) is 23.9 Å². The van der Waals surface area contributed by atoms with Crippen molar-refractivity contribution in [3.05, 3.63) is 12.2 Å². The lowest BCUT2D eigenvalue weighted by Gasteiger charge is -2.45. The molecule has 2 aliphatic heterocycles. The zero-order chi connectivity index (χ0) is 18.8. The van der Waals surface area contributed by atoms with E-state index in [1.165, 1.54) is 12.0 Å². The number of methoxy groups -OCH3 is 1. The third kappa shape index (κ3) is 4.39. The number of amides is 1. The van der Waals surface area contributed by atoms with Gasteiger partial charge < -0.3 is 20.1 Å². The van der Waals surface area contributed by atoms with Gasteiger partial charge in [-0.2, -0.15) is 0 Å². The predicted octanol–water partition coefficient (Wildman–Crippen LogP) is 1.15. The van der Waals surface area contributed by atoms with Crippen molar-refractivity contribution in [2.45, 2.75) is 70.2 Å². The second-order valence-corrected chi connectivity index (χ2v) is 7.62. The molecule has 2 heterocycles. The number of ether oxygens (including phenoxy) is 2. The fraction of sp³-hybridized carbons (Fsp3) is 0.722. The molecule has 4 unspecified atom stereocenters. The van der Waals surface area contributed by atoms with Gasteiger partial charge in [-0.25, -0.2) is 4.79 Å². The molecule has 0 spiro atoms. The molecule has 0 aromatic heterocycles. The SMILES string of the molecule is COC(=O)C1CCC(N)C2CC=CCC(C(=O)OC(C)(C)C)C(=O)N12. The number of nitrogens with zero attached hydrogens (tertiary/aromatic N) is 1. The minimum absolute atomic E-state index is 0.244. The third-order valence-electron chi connectivity index (χ3n) is 4.59. The lowest BCUT2D eigenvalue weighted by molar-refractivity contribution is -0.171. The lowest BCUT2D eigenvalue weighted by Crippen LogP contribution is -2.62. The summed E-state index contributed by atoms with van der Waals surface area (Å²) in [6.45, 7) is 5.26. The van der Waals surface area contributed by atoms with Crippen LogP contribution >= 0.6 is 0 Å². The summed E-state index contributed by atoms with van der Waals surface area (Å²) in [6, 6.07) is -1.28. The van der Waals surface area contributed by atoms with Crippen LogP contribution in [0.4, 0.5) is 0 Å². The Balaban J connectivity index is 2.35. The van der Waals surface area contributed by atoms with Gasteiger partial charge in [0.25, 0.3) is 0 Å². The smallest absolute Gasteiger partial charge is 0.328 e. The molecule has 2 aliphatic rings. The second kappa shape index (κ2) is 7.56. The van der Waals surface area contributed by atoms with Crippen molar-refractivity contribution < 1.29 is 23.9 Å². The molecule has 4 atom stereocenters. The summed E-state index contributed by atoms with van der Waals surface area (Å²) in [5.74, 6) is -2.44. The van der Waals surface area contributed by atoms with Crippen LogP contribution in [0.3, 0.4) is 0 Å². The number of piperidine rings is 1. The molecule has 0 radical (unpaired) electrons. The predicted molar refractivity (Wildman–Crippen MR) is 91.4 cm³/mol. The van der Waals surface area contributed by atoms with E-state index in [4.69, 9.17) is 15.2 Å². The molecular weight excluding hydrogens is 324 g/mol. The number of nitrogens with two attached hydrogens (primary N) is 1. The molecule has 7 nitrogen and oxygen atoms in total. The van der Waals surface area contributed by atoms with E-state index in [1.807, 2.05) is 12.2 Å². The van der Waals surface area contributed by atoms with Crippen molar-refractivity contribution in [1.29, 1.82) is 0 Å². The molecule has 140 valence electrons. The summed E-state index contributed by atoms with van der Waals surface area (Å²) in [7, 11) is 1.30. The van der Waals surface area contributed by atoms with Gasteiger partial charge in [-0.05, 0) is 46.5 Å². The molecule has 2 N–H and O–H groups in total. The number of fused-ring (bicyclic) bond motifs is 1. The summed E-state index contributed by atoms with van der Waals surface area (Å²) in [5, 5.41) is 0. The van der Waals surface area contributed by atoms with Gasteiger partial charge in [0.05, 0.1) is 13.2 Å². The first-order valence-electron chi connectivity index (χ1n) is 8.69. The molecule has 1 saturated heterocycles. The topological polar surface area (TPSA) is 98.9 Å². The van der Waals surface area contributed by atoms with Crippen LogP contribution in [0.25, 0.3) is 0 Å². The van der Waals surface area contributed by atoms with Crippen molar-refractivity contribution in [2.24, 2.45) is 11.7 Å². The number of hydrogen-bond donors (Lipinski definition) is 1. The number of carbonyl (C=O) groups is 3. The third-order valence-corrected chi connectivity index (χ3v) is 4.59. The maximum atomic E-state index is 13.2. The Labute approximate surface area is 148 Å². The molecular formula is C18H28N2O5. The minimum Gasteiger partial charge on any atom is -0.467 e. The van der Waals surface area contributed by atoms with Crippen molar-refractivity contribution in [2.75, 3.05) is 7.11 Å². The maximum Gasteiger partial charge on any atom is 0.328 e. The van der Waals surface area contributed by atoms with Crippen molar-refractivity contribution in [1.82, 2.24) is 4.90 Å². The van der Waals surface area contributed by atoms with E-state index in [9.17, 15) is 14.4 Å². The molecule has 25 heavy (non-hydrogen) atoms. The summed E-state index contributed by atoms with van der Waals surface area (Å²) in [4.78, 5) is 39.4. The van der Waals surface area contributed by atoms with Gasteiger partial charge in [-0.15, -0.1) is 0 Å². The zero-order valence-corrected chi connectivity index (χ0v) is 15.4. The second-order valence-electron chi connectivity index (χ2n) is 7.62. The molecule has 1 amide bonds. The molecule has 0 saturated carbocycles. The fourth-order valence-corrected chi connectivity index (χ4v) is 3.41. The molecule has 0 aromatic rings. The van der Waals surface area contributed by atoms with Gasteiger partial charge in [0.15, 0.2) is 0 Å². The Bertz CT molecular complexity index is 566. The van der Waals surface area contributed by atoms with Crippen LogP contribution < -0.4 is 5.73 Å². The van der Waals surface area contributed by atoms with Crippen molar-refractivity contribution in [3.63, 3.8) is 0 Å². The van der Waals surface area contributed by atoms with E-state index in [-0.39, 0.29) is 18.5 Å². The summed E-state index contributed by atoms with van der Waals surface area (Å²) < 4.78 is 10.3. The van der Waals surface area contributed by atoms with E-state index < -0.39 is 35.4 Å². The van der Waals surface area contributed by atoms with Crippen molar-refractivity contribution >= 4 is 17.8 Å². The Kier molecular flexibility index (Phi) is 5.87. The summed E-state index contributed by atoms with van der Waals surface area (Å²) in [5.41, 5.74) is 5.51. The van der Waals surface area contributed by atoms with Gasteiger partial charge in [0.2, 0.25) is 5.91 Å². The summed E-state index contributed by atoms with van der Waals surface area (Å²) >= 11 is 0. The van der Waals surface area contributed by atoms with Gasteiger partial charge in [0, 0.05) is 6.04 Å². The Morgan fingerprint density at radius 1 is 1.16 bits per heavy atom. The van der Waals surface area contributed by atoms with Crippen LogP contribution in [0.2, 0.25) is 0 Å². The number of esters is 2. The van der Waals surface area contributed by atoms with Crippen LogP contribution in [0.5, 0.6) is 0 Å². The molecule has 2 rings (SSSR count). The van der Waals surface area contributed by atoms with E-state index in [1.54, 1.807) is 20.8 Å². The first kappa shape index (κ1) is 19.4. The molecule has 0 aromatic carbocycles. The van der Waals surface area contributed by atoms with Gasteiger partial charge in [0.1, 0.15) is 17.6 Å². The van der Waals surface area contributed by atoms with Gasteiger partial charge >= 0.3 is 11.9 Å². The zero-order valence-electron chi connectivity index (χ0n) is 15.4. The standard InChI is InChI=1S/C18H28N2O5/c1-18(2,3)25-16(22)11-7-5-6-8-13-12(19)9-10-14(17(23)24-4)20(13)15(11)21/h5-6,11-14H,7-10,19H2,1-4H3. The van der Waals surface area contributed by atoms with Gasteiger partial charge in [-0.3, -0.25) is 9.59 Å². The summed E-state index contributed by atoms with van der Waals surface area (Å²) in [6.07, 6.45) is 5.60. The number of carbonyl (C=O) groups excluding carboxylic acids is 3. The highest BCUT2D eigenvalue weighted by Crippen LogP contribution is 2.30. The highest BCUT2D eigenvalue weighted by atomic mass is 16.6. The molecule has 1 fully saturated rings. The Morgan fingerprint density at radius 2 is 1.80 bits per heavy atom.